The smallest absolute Gasteiger partial charge is 0.408 e. The fourth-order valence-corrected chi connectivity index (χ4v) is 2.52. The van der Waals surface area contributed by atoms with E-state index in [1.165, 1.54) is 4.90 Å². The van der Waals surface area contributed by atoms with Gasteiger partial charge in [0.2, 0.25) is 5.91 Å². The lowest BCUT2D eigenvalue weighted by Gasteiger charge is -2.30. The Hall–Kier alpha value is -2.57. The van der Waals surface area contributed by atoms with E-state index in [2.05, 4.69) is 5.32 Å². The highest BCUT2D eigenvalue weighted by Crippen LogP contribution is 2.13. The molecule has 1 unspecified atom stereocenters. The van der Waals surface area contributed by atoms with Crippen LogP contribution < -0.4 is 5.32 Å². The first kappa shape index (κ1) is 23.5. The molecule has 0 aliphatic heterocycles. The number of carbonyl (C=O) groups excluding carboxylic acids is 3. The summed E-state index contributed by atoms with van der Waals surface area (Å²) in [6.45, 7) is 10.9. The molecule has 7 nitrogen and oxygen atoms in total. The van der Waals surface area contributed by atoms with Crippen molar-refractivity contribution in [3.63, 3.8) is 0 Å². The maximum Gasteiger partial charge on any atom is 0.408 e. The molecule has 0 aliphatic carbocycles. The lowest BCUT2D eigenvalue weighted by Crippen LogP contribution is -2.53. The Morgan fingerprint density at radius 2 is 1.71 bits per heavy atom. The molecule has 1 aromatic carbocycles. The number of carbonyl (C=O) groups is 3. The monoisotopic (exact) mass is 392 g/mol. The Balaban J connectivity index is 3.00. The quantitative estimate of drug-likeness (QED) is 0.687. The van der Waals surface area contributed by atoms with Crippen LogP contribution in [0.3, 0.4) is 0 Å². The van der Waals surface area contributed by atoms with E-state index in [4.69, 9.17) is 9.47 Å². The van der Waals surface area contributed by atoms with Gasteiger partial charge in [0.15, 0.2) is 0 Å². The zero-order valence-electron chi connectivity index (χ0n) is 17.7. The van der Waals surface area contributed by atoms with Gasteiger partial charge < -0.3 is 19.7 Å². The minimum atomic E-state index is -0.826. The Morgan fingerprint density at radius 1 is 1.11 bits per heavy atom. The van der Waals surface area contributed by atoms with Gasteiger partial charge in [0.25, 0.3) is 0 Å². The Labute approximate surface area is 167 Å². The molecule has 1 atom stereocenters. The van der Waals surface area contributed by atoms with Gasteiger partial charge in [0, 0.05) is 6.54 Å². The minimum absolute atomic E-state index is 0.194. The van der Waals surface area contributed by atoms with Gasteiger partial charge in [-0.05, 0) is 39.2 Å². The molecule has 1 rings (SSSR count). The van der Waals surface area contributed by atoms with Crippen LogP contribution in [0.15, 0.2) is 30.3 Å². The summed E-state index contributed by atoms with van der Waals surface area (Å²) in [5.74, 6) is -1.05. The van der Waals surface area contributed by atoms with Crippen LogP contribution in [0.25, 0.3) is 0 Å². The lowest BCUT2D eigenvalue weighted by atomic mass is 10.0. The third-order valence-corrected chi connectivity index (χ3v) is 3.76. The highest BCUT2D eigenvalue weighted by Gasteiger charge is 2.31. The van der Waals surface area contributed by atoms with E-state index in [0.717, 1.165) is 5.56 Å². The summed E-state index contributed by atoms with van der Waals surface area (Å²) in [6.07, 6.45) is -0.671. The van der Waals surface area contributed by atoms with Gasteiger partial charge in [-0.25, -0.2) is 4.79 Å². The van der Waals surface area contributed by atoms with Crippen molar-refractivity contribution in [3.05, 3.63) is 35.9 Å². The molecule has 0 radical (unpaired) electrons. The first-order valence-electron chi connectivity index (χ1n) is 9.51. The summed E-state index contributed by atoms with van der Waals surface area (Å²) in [4.78, 5) is 38.8. The first-order valence-corrected chi connectivity index (χ1v) is 9.51. The van der Waals surface area contributed by atoms with Gasteiger partial charge in [-0.3, -0.25) is 9.59 Å². The van der Waals surface area contributed by atoms with Crippen LogP contribution >= 0.6 is 0 Å². The molecule has 0 saturated carbocycles. The summed E-state index contributed by atoms with van der Waals surface area (Å²) >= 11 is 0. The van der Waals surface area contributed by atoms with Crippen molar-refractivity contribution >= 4 is 18.0 Å². The number of alkyl carbamates (subject to hydrolysis) is 1. The molecule has 28 heavy (non-hydrogen) atoms. The second-order valence-electron chi connectivity index (χ2n) is 7.85. The summed E-state index contributed by atoms with van der Waals surface area (Å²) in [5, 5.41) is 2.64. The highest BCUT2D eigenvalue weighted by atomic mass is 16.6. The highest BCUT2D eigenvalue weighted by molar-refractivity contribution is 5.88. The van der Waals surface area contributed by atoms with E-state index >= 15 is 0 Å². The maximum absolute atomic E-state index is 13.2. The first-order chi connectivity index (χ1) is 13.0. The van der Waals surface area contributed by atoms with Gasteiger partial charge in [-0.2, -0.15) is 0 Å². The predicted octanol–water partition coefficient (Wildman–Crippen LogP) is 3.13. The molecule has 0 heterocycles. The second-order valence-corrected chi connectivity index (χ2v) is 7.85. The van der Waals surface area contributed by atoms with Crippen LogP contribution in [0.2, 0.25) is 0 Å². The van der Waals surface area contributed by atoms with Crippen LogP contribution in [0.1, 0.15) is 47.1 Å². The van der Waals surface area contributed by atoms with Crippen LogP contribution in [0.5, 0.6) is 0 Å². The fraction of sp³-hybridized carbons (Fsp3) is 0.571. The van der Waals surface area contributed by atoms with Crippen molar-refractivity contribution in [2.24, 2.45) is 5.92 Å². The summed E-state index contributed by atoms with van der Waals surface area (Å²) in [6, 6.07) is 8.52. The molecule has 0 aliphatic rings. The number of nitrogens with zero attached hydrogens (tertiary/aromatic N) is 1. The van der Waals surface area contributed by atoms with E-state index in [0.29, 0.717) is 0 Å². The van der Waals surface area contributed by atoms with Crippen LogP contribution in [-0.2, 0) is 25.6 Å². The molecule has 0 fully saturated rings. The minimum Gasteiger partial charge on any atom is -0.465 e. The molecule has 0 spiro atoms. The number of esters is 1. The van der Waals surface area contributed by atoms with Crippen molar-refractivity contribution in [1.82, 2.24) is 10.2 Å². The Bertz CT molecular complexity index is 653. The normalized spacial score (nSPS) is 12.2. The van der Waals surface area contributed by atoms with Gasteiger partial charge >= 0.3 is 12.1 Å². The standard InChI is InChI=1S/C21H32N2O5/c1-7-27-17(24)14-23(13-16-11-9-8-10-12-16)19(25)18(15(2)3)22-20(26)28-21(4,5)6/h8-12,15,18H,7,13-14H2,1-6H3,(H,22,26). The predicted molar refractivity (Wildman–Crippen MR) is 106 cm³/mol. The van der Waals surface area contributed by atoms with E-state index in [9.17, 15) is 14.4 Å². The Morgan fingerprint density at radius 3 is 2.21 bits per heavy atom. The SMILES string of the molecule is CCOC(=O)CN(Cc1ccccc1)C(=O)C(NC(=O)OC(C)(C)C)C(C)C. The van der Waals surface area contributed by atoms with Gasteiger partial charge in [0.1, 0.15) is 18.2 Å². The number of hydrogen-bond acceptors (Lipinski definition) is 5. The number of hydrogen-bond donors (Lipinski definition) is 1. The molecule has 1 N–H and O–H groups in total. The van der Waals surface area contributed by atoms with Crippen molar-refractivity contribution < 1.29 is 23.9 Å². The second kappa shape index (κ2) is 10.7. The fourth-order valence-electron chi connectivity index (χ4n) is 2.52. The van der Waals surface area contributed by atoms with E-state index < -0.39 is 23.7 Å². The molecular weight excluding hydrogens is 360 g/mol. The third-order valence-electron chi connectivity index (χ3n) is 3.76. The van der Waals surface area contributed by atoms with Crippen molar-refractivity contribution in [3.8, 4) is 0 Å². The number of rotatable bonds is 8. The average molecular weight is 392 g/mol. The molecule has 7 heteroatoms. The molecule has 156 valence electrons. The molecule has 0 aromatic heterocycles. The lowest BCUT2D eigenvalue weighted by molar-refractivity contribution is -0.150. The average Bonchev–Trinajstić information content (AvgIpc) is 2.58. The topological polar surface area (TPSA) is 84.9 Å². The van der Waals surface area contributed by atoms with E-state index in [-0.39, 0.29) is 31.5 Å². The van der Waals surface area contributed by atoms with Crippen LogP contribution in [0, 0.1) is 5.92 Å². The molecule has 2 amide bonds. The van der Waals surface area contributed by atoms with Gasteiger partial charge in [-0.1, -0.05) is 44.2 Å². The van der Waals surface area contributed by atoms with Crippen molar-refractivity contribution in [1.29, 1.82) is 0 Å². The Kier molecular flexibility index (Phi) is 8.96. The number of ether oxygens (including phenoxy) is 2. The van der Waals surface area contributed by atoms with Crippen molar-refractivity contribution in [2.45, 2.75) is 59.7 Å². The number of amides is 2. The zero-order chi connectivity index (χ0) is 21.3. The molecule has 1 aromatic rings. The summed E-state index contributed by atoms with van der Waals surface area (Å²) in [5.41, 5.74) is 0.198. The van der Waals surface area contributed by atoms with Gasteiger partial charge in [0.05, 0.1) is 6.61 Å². The van der Waals surface area contributed by atoms with E-state index in [1.54, 1.807) is 27.7 Å². The van der Waals surface area contributed by atoms with Gasteiger partial charge in [-0.15, -0.1) is 0 Å². The van der Waals surface area contributed by atoms with Crippen LogP contribution in [0.4, 0.5) is 4.79 Å². The summed E-state index contributed by atoms with van der Waals surface area (Å²) in [7, 11) is 0. The van der Waals surface area contributed by atoms with Crippen LogP contribution in [-0.4, -0.2) is 47.7 Å². The number of nitrogens with one attached hydrogen (secondary N) is 1. The maximum atomic E-state index is 13.2. The number of benzene rings is 1. The third kappa shape index (κ3) is 8.41. The van der Waals surface area contributed by atoms with Crippen molar-refractivity contribution in [2.75, 3.05) is 13.2 Å². The van der Waals surface area contributed by atoms with E-state index in [1.807, 2.05) is 44.2 Å². The molecule has 0 saturated heterocycles. The summed E-state index contributed by atoms with van der Waals surface area (Å²) < 4.78 is 10.3. The molecular formula is C21H32N2O5. The largest absolute Gasteiger partial charge is 0.465 e. The molecule has 0 bridgehead atoms. The zero-order valence-corrected chi connectivity index (χ0v) is 17.7.